The molecule has 1 saturated heterocycles. The molecule has 2 aliphatic rings. The van der Waals surface area contributed by atoms with Crippen LogP contribution in [0.5, 0.6) is 0 Å². The van der Waals surface area contributed by atoms with Crippen LogP contribution in [0.1, 0.15) is 26.2 Å². The number of halogens is 1. The number of fused-ring (bicyclic) bond motifs is 1. The Morgan fingerprint density at radius 3 is 2.37 bits per heavy atom. The highest BCUT2D eigenvalue weighted by Gasteiger charge is 2.49. The Morgan fingerprint density at radius 1 is 1.05 bits per heavy atom. The van der Waals surface area contributed by atoms with E-state index < -0.39 is 0 Å². The summed E-state index contributed by atoms with van der Waals surface area (Å²) < 4.78 is 1.10. The van der Waals surface area contributed by atoms with Gasteiger partial charge in [0.15, 0.2) is 0 Å². The highest BCUT2D eigenvalue weighted by atomic mass is 127. The molecular weight excluding hydrogens is 353 g/mol. The molecule has 1 aromatic carbocycles. The topological polar surface area (TPSA) is 37.4 Å². The zero-order valence-electron chi connectivity index (χ0n) is 10.8. The van der Waals surface area contributed by atoms with E-state index in [0.717, 1.165) is 28.5 Å². The predicted molar refractivity (Wildman–Crippen MR) is 81.6 cm³/mol. The smallest absolute Gasteiger partial charge is 0.237 e. The van der Waals surface area contributed by atoms with Crippen LogP contribution in [0.2, 0.25) is 0 Å². The Balaban J connectivity index is 1.93. The second-order valence-corrected chi connectivity index (χ2v) is 6.87. The molecule has 3 nitrogen and oxygen atoms in total. The number of hydrogen-bond acceptors (Lipinski definition) is 2. The molecule has 1 aliphatic heterocycles. The monoisotopic (exact) mass is 369 g/mol. The first-order valence-electron chi connectivity index (χ1n) is 6.71. The molecule has 3 rings (SSSR count). The van der Waals surface area contributed by atoms with Crippen molar-refractivity contribution in [1.82, 2.24) is 0 Å². The van der Waals surface area contributed by atoms with Gasteiger partial charge in [-0.25, -0.2) is 0 Å². The van der Waals surface area contributed by atoms with Crippen molar-refractivity contribution in [3.05, 3.63) is 27.8 Å². The largest absolute Gasteiger partial charge is 0.274 e. The molecule has 0 radical (unpaired) electrons. The van der Waals surface area contributed by atoms with Crippen molar-refractivity contribution < 1.29 is 9.59 Å². The summed E-state index contributed by atoms with van der Waals surface area (Å²) in [7, 11) is 0. The molecule has 1 heterocycles. The Labute approximate surface area is 126 Å². The van der Waals surface area contributed by atoms with Crippen molar-refractivity contribution >= 4 is 40.1 Å². The average molecular weight is 369 g/mol. The quantitative estimate of drug-likeness (QED) is 0.563. The molecule has 100 valence electrons. The molecule has 2 amide bonds. The molecule has 4 heteroatoms. The number of benzene rings is 1. The molecule has 0 spiro atoms. The third kappa shape index (κ3) is 2.20. The fraction of sp³-hybridized carbons (Fsp3) is 0.467. The standard InChI is InChI=1S/C15H16INO2/c1-9-2-7-12-13(8-9)15(19)17(14(12)18)11-5-3-10(16)4-6-11/h3-6,9,12-13H,2,7-8H2,1H3/t9-,12+,13-/m1/s1. The highest BCUT2D eigenvalue weighted by Crippen LogP contribution is 2.42. The van der Waals surface area contributed by atoms with Gasteiger partial charge in [0, 0.05) is 3.57 Å². The number of amides is 2. The second kappa shape index (κ2) is 4.89. The maximum absolute atomic E-state index is 12.5. The lowest BCUT2D eigenvalue weighted by molar-refractivity contribution is -0.122. The van der Waals surface area contributed by atoms with Crippen molar-refractivity contribution in [2.24, 2.45) is 17.8 Å². The molecule has 3 atom stereocenters. The van der Waals surface area contributed by atoms with E-state index >= 15 is 0 Å². The Morgan fingerprint density at radius 2 is 1.68 bits per heavy atom. The number of nitrogens with zero attached hydrogens (tertiary/aromatic N) is 1. The van der Waals surface area contributed by atoms with Crippen molar-refractivity contribution in [3.8, 4) is 0 Å². The fourth-order valence-corrected chi connectivity index (χ4v) is 3.59. The number of imide groups is 1. The molecule has 1 aliphatic carbocycles. The summed E-state index contributed by atoms with van der Waals surface area (Å²) in [6.45, 7) is 2.17. The van der Waals surface area contributed by atoms with Crippen LogP contribution in [0, 0.1) is 21.3 Å². The van der Waals surface area contributed by atoms with Gasteiger partial charge in [-0.3, -0.25) is 14.5 Å². The summed E-state index contributed by atoms with van der Waals surface area (Å²) in [5.74, 6) is 0.388. The zero-order chi connectivity index (χ0) is 13.6. The Kier molecular flexibility index (Phi) is 3.37. The van der Waals surface area contributed by atoms with Crippen LogP contribution in [-0.4, -0.2) is 11.8 Å². The lowest BCUT2D eigenvalue weighted by Gasteiger charge is -2.25. The minimum Gasteiger partial charge on any atom is -0.274 e. The Hall–Kier alpha value is -0.910. The van der Waals surface area contributed by atoms with E-state index in [1.807, 2.05) is 24.3 Å². The molecule has 0 bridgehead atoms. The van der Waals surface area contributed by atoms with E-state index in [4.69, 9.17) is 0 Å². The number of carbonyl (C=O) groups excluding carboxylic acids is 2. The highest BCUT2D eigenvalue weighted by molar-refractivity contribution is 14.1. The first kappa shape index (κ1) is 13.1. The number of rotatable bonds is 1. The van der Waals surface area contributed by atoms with Crippen LogP contribution < -0.4 is 4.90 Å². The van der Waals surface area contributed by atoms with Crippen LogP contribution in [0.15, 0.2) is 24.3 Å². The third-order valence-corrected chi connectivity index (χ3v) is 4.99. The number of carbonyl (C=O) groups is 2. The second-order valence-electron chi connectivity index (χ2n) is 5.62. The summed E-state index contributed by atoms with van der Waals surface area (Å²) in [6.07, 6.45) is 2.77. The van der Waals surface area contributed by atoms with Crippen molar-refractivity contribution in [2.75, 3.05) is 4.90 Å². The van der Waals surface area contributed by atoms with Gasteiger partial charge in [0.1, 0.15) is 0 Å². The van der Waals surface area contributed by atoms with Crippen molar-refractivity contribution in [3.63, 3.8) is 0 Å². The van der Waals surface area contributed by atoms with E-state index in [9.17, 15) is 9.59 Å². The average Bonchev–Trinajstić information content (AvgIpc) is 2.63. The van der Waals surface area contributed by atoms with E-state index in [0.29, 0.717) is 5.92 Å². The van der Waals surface area contributed by atoms with Gasteiger partial charge in [-0.05, 0) is 72.0 Å². The third-order valence-electron chi connectivity index (χ3n) is 4.27. The van der Waals surface area contributed by atoms with Gasteiger partial charge < -0.3 is 0 Å². The molecule has 0 aromatic heterocycles. The van der Waals surface area contributed by atoms with Crippen LogP contribution in [0.4, 0.5) is 5.69 Å². The summed E-state index contributed by atoms with van der Waals surface area (Å²) in [5, 5.41) is 0. The molecule has 19 heavy (non-hydrogen) atoms. The molecular formula is C15H16INO2. The normalized spacial score (nSPS) is 30.6. The maximum Gasteiger partial charge on any atom is 0.237 e. The van der Waals surface area contributed by atoms with Crippen molar-refractivity contribution in [1.29, 1.82) is 0 Å². The zero-order valence-corrected chi connectivity index (χ0v) is 13.0. The van der Waals surface area contributed by atoms with Gasteiger partial charge in [0.05, 0.1) is 17.5 Å². The van der Waals surface area contributed by atoms with Gasteiger partial charge >= 0.3 is 0 Å². The SMILES string of the molecule is C[C@@H]1CC[C@@H]2C(=O)N(c3ccc(I)cc3)C(=O)[C@@H]2C1. The fourth-order valence-electron chi connectivity index (χ4n) is 3.23. The molecule has 1 aromatic rings. The van der Waals surface area contributed by atoms with Crippen LogP contribution in [0.3, 0.4) is 0 Å². The molecule has 2 fully saturated rings. The summed E-state index contributed by atoms with van der Waals surface area (Å²) in [6, 6.07) is 7.58. The lowest BCUT2D eigenvalue weighted by atomic mass is 9.76. The minimum absolute atomic E-state index is 0.00255. The van der Waals surface area contributed by atoms with Gasteiger partial charge in [-0.2, -0.15) is 0 Å². The maximum atomic E-state index is 12.5. The molecule has 1 saturated carbocycles. The number of anilines is 1. The minimum atomic E-state index is -0.0875. The number of hydrogen-bond donors (Lipinski definition) is 0. The predicted octanol–water partition coefficient (Wildman–Crippen LogP) is 3.22. The summed E-state index contributed by atoms with van der Waals surface area (Å²) in [5.41, 5.74) is 0.720. The van der Waals surface area contributed by atoms with Gasteiger partial charge in [-0.15, -0.1) is 0 Å². The Bertz CT molecular complexity index is 525. The van der Waals surface area contributed by atoms with Crippen LogP contribution >= 0.6 is 22.6 Å². The molecule has 0 N–H and O–H groups in total. The molecule has 0 unspecified atom stereocenters. The summed E-state index contributed by atoms with van der Waals surface area (Å²) >= 11 is 2.22. The van der Waals surface area contributed by atoms with E-state index in [1.165, 1.54) is 4.90 Å². The van der Waals surface area contributed by atoms with Gasteiger partial charge in [0.2, 0.25) is 11.8 Å². The van der Waals surface area contributed by atoms with E-state index in [-0.39, 0.29) is 23.7 Å². The van der Waals surface area contributed by atoms with Gasteiger partial charge in [0.25, 0.3) is 0 Å². The van der Waals surface area contributed by atoms with Crippen LogP contribution in [-0.2, 0) is 9.59 Å². The van der Waals surface area contributed by atoms with Crippen LogP contribution in [0.25, 0.3) is 0 Å². The summed E-state index contributed by atoms with van der Waals surface area (Å²) in [4.78, 5) is 26.3. The van der Waals surface area contributed by atoms with Gasteiger partial charge in [-0.1, -0.05) is 6.92 Å². The first-order chi connectivity index (χ1) is 9.08. The van der Waals surface area contributed by atoms with E-state index in [2.05, 4.69) is 29.5 Å². The van der Waals surface area contributed by atoms with E-state index in [1.54, 1.807) is 0 Å². The van der Waals surface area contributed by atoms with Crippen molar-refractivity contribution in [2.45, 2.75) is 26.2 Å². The lowest BCUT2D eigenvalue weighted by Crippen LogP contribution is -2.30. The first-order valence-corrected chi connectivity index (χ1v) is 7.79.